The molecule has 0 aliphatic rings. The van der Waals surface area contributed by atoms with Crippen LogP contribution in [-0.4, -0.2) is 28.9 Å². The van der Waals surface area contributed by atoms with E-state index in [2.05, 4.69) is 0 Å². The lowest BCUT2D eigenvalue weighted by Crippen LogP contribution is -2.21. The molecule has 2 N–H and O–H groups in total. The molecule has 1 aromatic carbocycles. The van der Waals surface area contributed by atoms with E-state index in [1.807, 2.05) is 0 Å². The minimum Gasteiger partial charge on any atom is -0.489 e. The number of carboxylic acids is 1. The monoisotopic (exact) mass is 248 g/mol. The van der Waals surface area contributed by atoms with Gasteiger partial charge in [-0.2, -0.15) is 0 Å². The number of rotatable bonds is 5. The topological polar surface area (TPSA) is 66.8 Å². The standard InChI is InChI=1S/C10H10ClFO4/c11-8-3-6(12)1-2-9(8)16-5-7(13)4-10(14)15/h1-3,7,13H,4-5H2,(H,14,15). The number of ether oxygens (including phenoxy) is 1. The maximum Gasteiger partial charge on any atom is 0.306 e. The van der Waals surface area contributed by atoms with Gasteiger partial charge in [-0.15, -0.1) is 0 Å². The van der Waals surface area contributed by atoms with Gasteiger partial charge in [0.05, 0.1) is 17.5 Å². The Morgan fingerprint density at radius 2 is 2.25 bits per heavy atom. The number of hydrogen-bond donors (Lipinski definition) is 2. The number of halogens is 2. The molecule has 16 heavy (non-hydrogen) atoms. The van der Waals surface area contributed by atoms with Gasteiger partial charge in [0, 0.05) is 0 Å². The molecule has 6 heteroatoms. The first-order valence-electron chi connectivity index (χ1n) is 4.46. The normalized spacial score (nSPS) is 12.2. The molecule has 0 aliphatic heterocycles. The van der Waals surface area contributed by atoms with Gasteiger partial charge in [0.25, 0.3) is 0 Å². The van der Waals surface area contributed by atoms with Gasteiger partial charge in [-0.05, 0) is 18.2 Å². The lowest BCUT2D eigenvalue weighted by atomic mass is 10.3. The molecule has 88 valence electrons. The van der Waals surface area contributed by atoms with Crippen molar-refractivity contribution in [2.45, 2.75) is 12.5 Å². The maximum atomic E-state index is 12.7. The molecular weight excluding hydrogens is 239 g/mol. The van der Waals surface area contributed by atoms with E-state index in [1.54, 1.807) is 0 Å². The average Bonchev–Trinajstić information content (AvgIpc) is 2.15. The first-order chi connectivity index (χ1) is 7.49. The highest BCUT2D eigenvalue weighted by Crippen LogP contribution is 2.24. The molecule has 1 unspecified atom stereocenters. The molecule has 0 radical (unpaired) electrons. The van der Waals surface area contributed by atoms with Crippen molar-refractivity contribution in [1.82, 2.24) is 0 Å². The third kappa shape index (κ3) is 4.04. The van der Waals surface area contributed by atoms with E-state index in [-0.39, 0.29) is 17.4 Å². The number of carboxylic acid groups (broad SMARTS) is 1. The molecule has 0 spiro atoms. The van der Waals surface area contributed by atoms with Crippen molar-refractivity contribution in [2.24, 2.45) is 0 Å². The molecule has 0 amide bonds. The van der Waals surface area contributed by atoms with E-state index in [0.29, 0.717) is 0 Å². The Morgan fingerprint density at radius 1 is 1.56 bits per heavy atom. The summed E-state index contributed by atoms with van der Waals surface area (Å²) in [6, 6.07) is 3.54. The predicted molar refractivity (Wildman–Crippen MR) is 55.2 cm³/mol. The van der Waals surface area contributed by atoms with E-state index < -0.39 is 24.3 Å². The number of aliphatic hydroxyl groups is 1. The fraction of sp³-hybridized carbons (Fsp3) is 0.300. The first-order valence-corrected chi connectivity index (χ1v) is 4.84. The quantitative estimate of drug-likeness (QED) is 0.832. The number of carbonyl (C=O) groups is 1. The highest BCUT2D eigenvalue weighted by atomic mass is 35.5. The van der Waals surface area contributed by atoms with Gasteiger partial charge in [0.2, 0.25) is 0 Å². The Morgan fingerprint density at radius 3 is 2.81 bits per heavy atom. The van der Waals surface area contributed by atoms with Crippen LogP contribution in [0.2, 0.25) is 5.02 Å². The smallest absolute Gasteiger partial charge is 0.306 e. The van der Waals surface area contributed by atoms with E-state index in [9.17, 15) is 14.3 Å². The Labute approximate surface area is 96.2 Å². The zero-order valence-electron chi connectivity index (χ0n) is 8.19. The second kappa shape index (κ2) is 5.67. The summed E-state index contributed by atoms with van der Waals surface area (Å²) in [6.45, 7) is -0.211. The summed E-state index contributed by atoms with van der Waals surface area (Å²) in [5.74, 6) is -1.42. The van der Waals surface area contributed by atoms with Crippen LogP contribution in [0.4, 0.5) is 4.39 Å². The van der Waals surface area contributed by atoms with Crippen LogP contribution in [0, 0.1) is 5.82 Å². The van der Waals surface area contributed by atoms with Gasteiger partial charge >= 0.3 is 5.97 Å². The Hall–Kier alpha value is -1.33. The number of aliphatic hydroxyl groups excluding tert-OH is 1. The molecule has 0 heterocycles. The fourth-order valence-corrected chi connectivity index (χ4v) is 1.26. The molecule has 0 saturated carbocycles. The van der Waals surface area contributed by atoms with Crippen molar-refractivity contribution in [3.63, 3.8) is 0 Å². The van der Waals surface area contributed by atoms with E-state index in [0.717, 1.165) is 12.1 Å². The van der Waals surface area contributed by atoms with E-state index in [1.165, 1.54) is 6.07 Å². The lowest BCUT2D eigenvalue weighted by Gasteiger charge is -2.11. The van der Waals surface area contributed by atoms with Crippen LogP contribution < -0.4 is 4.74 Å². The summed E-state index contributed by atoms with van der Waals surface area (Å²) in [6.07, 6.45) is -1.54. The SMILES string of the molecule is O=C(O)CC(O)COc1ccc(F)cc1Cl. The first kappa shape index (κ1) is 12.7. The van der Waals surface area contributed by atoms with Gasteiger partial charge < -0.3 is 14.9 Å². The van der Waals surface area contributed by atoms with Crippen LogP contribution in [0.5, 0.6) is 5.75 Å². The average molecular weight is 249 g/mol. The summed E-state index contributed by atoms with van der Waals surface area (Å²) >= 11 is 5.66. The summed E-state index contributed by atoms with van der Waals surface area (Å²) in [5, 5.41) is 17.7. The van der Waals surface area contributed by atoms with E-state index >= 15 is 0 Å². The predicted octanol–water partition coefficient (Wildman–Crippen LogP) is 1.69. The van der Waals surface area contributed by atoms with Crippen LogP contribution in [-0.2, 0) is 4.79 Å². The van der Waals surface area contributed by atoms with Crippen LogP contribution in [0.25, 0.3) is 0 Å². The lowest BCUT2D eigenvalue weighted by molar-refractivity contribution is -0.139. The minimum absolute atomic E-state index is 0.0718. The molecule has 4 nitrogen and oxygen atoms in total. The largest absolute Gasteiger partial charge is 0.489 e. The van der Waals surface area contributed by atoms with Gasteiger partial charge in [-0.1, -0.05) is 11.6 Å². The summed E-state index contributed by atoms with van der Waals surface area (Å²) in [5.41, 5.74) is 0. The Balaban J connectivity index is 2.51. The van der Waals surface area contributed by atoms with Gasteiger partial charge in [-0.25, -0.2) is 4.39 Å². The summed E-state index contributed by atoms with van der Waals surface area (Å²) < 4.78 is 17.7. The number of benzene rings is 1. The van der Waals surface area contributed by atoms with E-state index in [4.69, 9.17) is 21.4 Å². The minimum atomic E-state index is -1.13. The molecular formula is C10H10ClFO4. The van der Waals surface area contributed by atoms with Crippen LogP contribution in [0.15, 0.2) is 18.2 Å². The summed E-state index contributed by atoms with van der Waals surface area (Å²) in [7, 11) is 0. The third-order valence-electron chi connectivity index (χ3n) is 1.74. The number of hydrogen-bond acceptors (Lipinski definition) is 3. The van der Waals surface area contributed by atoms with Gasteiger partial charge in [0.15, 0.2) is 0 Å². The molecule has 0 saturated heterocycles. The molecule has 0 bridgehead atoms. The molecule has 1 rings (SSSR count). The summed E-state index contributed by atoms with van der Waals surface area (Å²) in [4.78, 5) is 10.2. The third-order valence-corrected chi connectivity index (χ3v) is 2.03. The van der Waals surface area contributed by atoms with Crippen molar-refractivity contribution in [1.29, 1.82) is 0 Å². The van der Waals surface area contributed by atoms with Crippen molar-refractivity contribution in [2.75, 3.05) is 6.61 Å². The Bertz CT molecular complexity index is 383. The molecule has 1 aromatic rings. The molecule has 1 atom stereocenters. The Kier molecular flexibility index (Phi) is 4.52. The van der Waals surface area contributed by atoms with Crippen molar-refractivity contribution in [3.05, 3.63) is 29.0 Å². The maximum absolute atomic E-state index is 12.7. The highest BCUT2D eigenvalue weighted by molar-refractivity contribution is 6.32. The highest BCUT2D eigenvalue weighted by Gasteiger charge is 2.11. The zero-order chi connectivity index (χ0) is 12.1. The molecule has 0 aromatic heterocycles. The second-order valence-corrected chi connectivity index (χ2v) is 3.54. The van der Waals surface area contributed by atoms with Crippen molar-refractivity contribution in [3.8, 4) is 5.75 Å². The zero-order valence-corrected chi connectivity index (χ0v) is 8.95. The van der Waals surface area contributed by atoms with Crippen molar-refractivity contribution < 1.29 is 24.1 Å². The molecule has 0 fully saturated rings. The number of aliphatic carboxylic acids is 1. The van der Waals surface area contributed by atoms with Gasteiger partial charge in [0.1, 0.15) is 18.2 Å². The van der Waals surface area contributed by atoms with Crippen molar-refractivity contribution >= 4 is 17.6 Å². The van der Waals surface area contributed by atoms with Gasteiger partial charge in [-0.3, -0.25) is 4.79 Å². The van der Waals surface area contributed by atoms with Crippen LogP contribution >= 0.6 is 11.6 Å². The molecule has 0 aliphatic carbocycles. The second-order valence-electron chi connectivity index (χ2n) is 3.14. The van der Waals surface area contributed by atoms with Crippen LogP contribution in [0.3, 0.4) is 0 Å². The fourth-order valence-electron chi connectivity index (χ4n) is 1.04. The van der Waals surface area contributed by atoms with Crippen LogP contribution in [0.1, 0.15) is 6.42 Å².